The molecule has 1 rings (SSSR count). The SMILES string of the molecule is CCN(C)C(=O)COc1ccc(C(C)NC)cc1. The fraction of sp³-hybridized carbons (Fsp3) is 0.500. The first-order valence-corrected chi connectivity index (χ1v) is 6.22. The molecule has 1 aromatic rings. The van der Waals surface area contributed by atoms with Crippen LogP contribution in [-0.2, 0) is 4.79 Å². The quantitative estimate of drug-likeness (QED) is 0.837. The molecule has 0 aliphatic carbocycles. The molecule has 0 heterocycles. The van der Waals surface area contributed by atoms with E-state index in [1.165, 1.54) is 5.56 Å². The topological polar surface area (TPSA) is 41.6 Å². The van der Waals surface area contributed by atoms with Gasteiger partial charge in [0.1, 0.15) is 5.75 Å². The van der Waals surface area contributed by atoms with E-state index in [-0.39, 0.29) is 12.5 Å². The second-order valence-corrected chi connectivity index (χ2v) is 4.28. The van der Waals surface area contributed by atoms with E-state index in [1.54, 1.807) is 11.9 Å². The van der Waals surface area contributed by atoms with Crippen molar-refractivity contribution in [2.75, 3.05) is 27.2 Å². The van der Waals surface area contributed by atoms with Gasteiger partial charge < -0.3 is 15.0 Å². The Hall–Kier alpha value is -1.55. The Morgan fingerprint density at radius 3 is 2.50 bits per heavy atom. The first-order valence-electron chi connectivity index (χ1n) is 6.22. The number of carbonyl (C=O) groups excluding carboxylic acids is 1. The zero-order valence-electron chi connectivity index (χ0n) is 11.6. The van der Waals surface area contributed by atoms with Crippen molar-refractivity contribution in [3.63, 3.8) is 0 Å². The second-order valence-electron chi connectivity index (χ2n) is 4.28. The number of ether oxygens (including phenoxy) is 1. The van der Waals surface area contributed by atoms with Gasteiger partial charge in [-0.05, 0) is 38.6 Å². The number of carbonyl (C=O) groups is 1. The summed E-state index contributed by atoms with van der Waals surface area (Å²) in [6, 6.07) is 8.10. The van der Waals surface area contributed by atoms with Crippen LogP contribution in [0.1, 0.15) is 25.5 Å². The van der Waals surface area contributed by atoms with Gasteiger partial charge in [-0.15, -0.1) is 0 Å². The molecule has 0 fully saturated rings. The highest BCUT2D eigenvalue weighted by Gasteiger charge is 2.07. The van der Waals surface area contributed by atoms with Crippen molar-refractivity contribution < 1.29 is 9.53 Å². The second kappa shape index (κ2) is 7.01. The van der Waals surface area contributed by atoms with Gasteiger partial charge in [0, 0.05) is 19.6 Å². The maximum Gasteiger partial charge on any atom is 0.260 e. The summed E-state index contributed by atoms with van der Waals surface area (Å²) in [5.41, 5.74) is 1.20. The van der Waals surface area contributed by atoms with Gasteiger partial charge in [-0.2, -0.15) is 0 Å². The maximum atomic E-state index is 11.6. The Morgan fingerprint density at radius 2 is 2.00 bits per heavy atom. The van der Waals surface area contributed by atoms with E-state index in [2.05, 4.69) is 12.2 Å². The van der Waals surface area contributed by atoms with Crippen LogP contribution in [0.15, 0.2) is 24.3 Å². The summed E-state index contributed by atoms with van der Waals surface area (Å²) >= 11 is 0. The van der Waals surface area contributed by atoms with E-state index < -0.39 is 0 Å². The Balaban J connectivity index is 2.51. The van der Waals surface area contributed by atoms with Crippen LogP contribution in [0.4, 0.5) is 0 Å². The number of hydrogen-bond acceptors (Lipinski definition) is 3. The molecule has 1 amide bonds. The number of likely N-dealkylation sites (N-methyl/N-ethyl adjacent to an activating group) is 1. The Labute approximate surface area is 109 Å². The fourth-order valence-electron chi connectivity index (χ4n) is 1.45. The van der Waals surface area contributed by atoms with E-state index in [1.807, 2.05) is 38.2 Å². The van der Waals surface area contributed by atoms with Crippen LogP contribution in [0.25, 0.3) is 0 Å². The van der Waals surface area contributed by atoms with Gasteiger partial charge in [0.15, 0.2) is 6.61 Å². The first kappa shape index (κ1) is 14.5. The standard InChI is InChI=1S/C14H22N2O2/c1-5-16(4)14(17)10-18-13-8-6-12(7-9-13)11(2)15-3/h6-9,11,15H,5,10H2,1-4H3. The Bertz CT molecular complexity index is 376. The highest BCUT2D eigenvalue weighted by molar-refractivity contribution is 5.77. The molecule has 1 atom stereocenters. The molecule has 0 saturated carbocycles. The number of nitrogens with one attached hydrogen (secondary N) is 1. The molecule has 0 spiro atoms. The molecule has 18 heavy (non-hydrogen) atoms. The summed E-state index contributed by atoms with van der Waals surface area (Å²) in [5.74, 6) is 0.713. The molecule has 0 bridgehead atoms. The monoisotopic (exact) mass is 250 g/mol. The summed E-state index contributed by atoms with van der Waals surface area (Å²) in [5, 5.41) is 3.17. The molecule has 100 valence electrons. The molecule has 0 radical (unpaired) electrons. The largest absolute Gasteiger partial charge is 0.484 e. The lowest BCUT2D eigenvalue weighted by Crippen LogP contribution is -2.31. The summed E-state index contributed by atoms with van der Waals surface area (Å²) < 4.78 is 5.45. The van der Waals surface area contributed by atoms with Crippen molar-refractivity contribution in [1.82, 2.24) is 10.2 Å². The number of benzene rings is 1. The minimum Gasteiger partial charge on any atom is -0.484 e. The fourth-order valence-corrected chi connectivity index (χ4v) is 1.45. The molecule has 0 aliphatic heterocycles. The molecule has 0 aromatic heterocycles. The zero-order valence-corrected chi connectivity index (χ0v) is 11.6. The highest BCUT2D eigenvalue weighted by Crippen LogP contribution is 2.17. The number of rotatable bonds is 6. The maximum absolute atomic E-state index is 11.6. The van der Waals surface area contributed by atoms with Gasteiger partial charge in [0.05, 0.1) is 0 Å². The average molecular weight is 250 g/mol. The Morgan fingerprint density at radius 1 is 1.39 bits per heavy atom. The third-order valence-corrected chi connectivity index (χ3v) is 3.08. The van der Waals surface area contributed by atoms with Crippen molar-refractivity contribution in [3.05, 3.63) is 29.8 Å². The van der Waals surface area contributed by atoms with Crippen LogP contribution in [0.3, 0.4) is 0 Å². The summed E-state index contributed by atoms with van der Waals surface area (Å²) in [6.07, 6.45) is 0. The van der Waals surface area contributed by atoms with Crippen LogP contribution in [-0.4, -0.2) is 38.1 Å². The lowest BCUT2D eigenvalue weighted by atomic mass is 10.1. The van der Waals surface area contributed by atoms with Gasteiger partial charge in [-0.3, -0.25) is 4.79 Å². The predicted molar refractivity (Wildman–Crippen MR) is 72.7 cm³/mol. The number of hydrogen-bond donors (Lipinski definition) is 1. The van der Waals surface area contributed by atoms with Gasteiger partial charge in [-0.25, -0.2) is 0 Å². The molecular formula is C14H22N2O2. The number of nitrogens with zero attached hydrogens (tertiary/aromatic N) is 1. The van der Waals surface area contributed by atoms with E-state index in [4.69, 9.17) is 4.74 Å². The summed E-state index contributed by atoms with van der Waals surface area (Å²) in [7, 11) is 3.69. The first-order chi connectivity index (χ1) is 8.58. The molecular weight excluding hydrogens is 228 g/mol. The molecule has 1 aromatic carbocycles. The van der Waals surface area contributed by atoms with Gasteiger partial charge in [-0.1, -0.05) is 12.1 Å². The average Bonchev–Trinajstić information content (AvgIpc) is 2.43. The van der Waals surface area contributed by atoms with Crippen LogP contribution in [0.2, 0.25) is 0 Å². The van der Waals surface area contributed by atoms with Crippen molar-refractivity contribution in [3.8, 4) is 5.75 Å². The smallest absolute Gasteiger partial charge is 0.260 e. The van der Waals surface area contributed by atoms with E-state index in [0.717, 1.165) is 5.75 Å². The molecule has 4 heteroatoms. The highest BCUT2D eigenvalue weighted by atomic mass is 16.5. The molecule has 1 unspecified atom stereocenters. The molecule has 0 saturated heterocycles. The van der Waals surface area contributed by atoms with Crippen LogP contribution >= 0.6 is 0 Å². The van der Waals surface area contributed by atoms with Crippen LogP contribution in [0, 0.1) is 0 Å². The normalized spacial score (nSPS) is 12.0. The van der Waals surface area contributed by atoms with Crippen LogP contribution in [0.5, 0.6) is 5.75 Å². The van der Waals surface area contributed by atoms with Crippen LogP contribution < -0.4 is 10.1 Å². The summed E-state index contributed by atoms with van der Waals surface area (Å²) in [6.45, 7) is 4.81. The minimum absolute atomic E-state index is 0.00910. The van der Waals surface area contributed by atoms with Crippen molar-refractivity contribution in [2.24, 2.45) is 0 Å². The van der Waals surface area contributed by atoms with E-state index in [0.29, 0.717) is 12.6 Å². The van der Waals surface area contributed by atoms with Gasteiger partial charge in [0.25, 0.3) is 5.91 Å². The molecule has 1 N–H and O–H groups in total. The number of amides is 1. The van der Waals surface area contributed by atoms with Crippen molar-refractivity contribution >= 4 is 5.91 Å². The van der Waals surface area contributed by atoms with E-state index in [9.17, 15) is 4.79 Å². The van der Waals surface area contributed by atoms with Crippen molar-refractivity contribution in [2.45, 2.75) is 19.9 Å². The third-order valence-electron chi connectivity index (χ3n) is 3.08. The lowest BCUT2D eigenvalue weighted by molar-refractivity contribution is -0.131. The zero-order chi connectivity index (χ0) is 13.5. The predicted octanol–water partition coefficient (Wildman–Crippen LogP) is 1.82. The summed E-state index contributed by atoms with van der Waals surface area (Å²) in [4.78, 5) is 13.2. The molecule has 0 aliphatic rings. The lowest BCUT2D eigenvalue weighted by Gasteiger charge is -2.15. The molecule has 4 nitrogen and oxygen atoms in total. The van der Waals surface area contributed by atoms with Crippen molar-refractivity contribution in [1.29, 1.82) is 0 Å². The minimum atomic E-state index is -0.00910. The third kappa shape index (κ3) is 4.04. The van der Waals surface area contributed by atoms with Gasteiger partial charge in [0.2, 0.25) is 0 Å². The van der Waals surface area contributed by atoms with Gasteiger partial charge >= 0.3 is 0 Å². The Kier molecular flexibility index (Phi) is 5.65. The van der Waals surface area contributed by atoms with E-state index >= 15 is 0 Å².